The molecule has 0 fully saturated rings. The highest BCUT2D eigenvalue weighted by atomic mass is 32.2. The zero-order valence-corrected chi connectivity index (χ0v) is 32.6. The number of hydrogen-bond donors (Lipinski definition) is 3. The molecule has 50 heavy (non-hydrogen) atoms. The number of allylic oxidation sites excluding steroid dienone is 13. The molecule has 3 N–H and O–H groups in total. The fourth-order valence-electron chi connectivity index (χ4n) is 5.35. The van der Waals surface area contributed by atoms with Crippen LogP contribution in [0.2, 0.25) is 0 Å². The zero-order valence-electron chi connectivity index (χ0n) is 31.7. The summed E-state index contributed by atoms with van der Waals surface area (Å²) in [5.41, 5.74) is 0. The highest BCUT2D eigenvalue weighted by Gasteiger charge is 2.24. The van der Waals surface area contributed by atoms with Gasteiger partial charge in [-0.2, -0.15) is 8.42 Å². The maximum atomic E-state index is 12.5. The van der Waals surface area contributed by atoms with Gasteiger partial charge in [-0.15, -0.1) is 0 Å². The van der Waals surface area contributed by atoms with Crippen molar-refractivity contribution in [1.82, 2.24) is 5.32 Å². The lowest BCUT2D eigenvalue weighted by atomic mass is 10.1. The highest BCUT2D eigenvalue weighted by Crippen LogP contribution is 2.11. The molecule has 0 aromatic rings. The van der Waals surface area contributed by atoms with Gasteiger partial charge in [0.25, 0.3) is 10.1 Å². The first-order chi connectivity index (χ1) is 24.3. The van der Waals surface area contributed by atoms with Gasteiger partial charge in [-0.05, 0) is 83.5 Å². The van der Waals surface area contributed by atoms with Crippen LogP contribution in [0.5, 0.6) is 0 Å². The molecule has 0 radical (unpaired) electrons. The Hall–Kier alpha value is -2.48. The van der Waals surface area contributed by atoms with Gasteiger partial charge in [0.15, 0.2) is 0 Å². The van der Waals surface area contributed by atoms with Gasteiger partial charge in [0, 0.05) is 6.42 Å². The van der Waals surface area contributed by atoms with E-state index in [0.29, 0.717) is 12.8 Å². The number of carbonyl (C=O) groups excluding carboxylic acids is 1. The summed E-state index contributed by atoms with van der Waals surface area (Å²) < 4.78 is 32.4. The predicted molar refractivity (Wildman–Crippen MR) is 216 cm³/mol. The molecule has 0 aromatic carbocycles. The average molecular weight is 716 g/mol. The molecule has 2 unspecified atom stereocenters. The number of unbranched alkanes of at least 4 members (excludes halogenated alkanes) is 14. The second-order valence-electron chi connectivity index (χ2n) is 13.2. The number of hydrogen-bond acceptors (Lipinski definition) is 4. The quantitative estimate of drug-likeness (QED) is 0.0349. The van der Waals surface area contributed by atoms with Gasteiger partial charge in [0.05, 0.1) is 17.9 Å². The molecule has 0 spiro atoms. The lowest BCUT2D eigenvalue weighted by molar-refractivity contribution is -0.122. The Kier molecular flexibility index (Phi) is 34.5. The summed E-state index contributed by atoms with van der Waals surface area (Å²) in [5, 5.41) is 13.2. The summed E-state index contributed by atoms with van der Waals surface area (Å²) in [6.45, 7) is 4.39. The number of aliphatic hydroxyl groups is 1. The minimum atomic E-state index is -4.37. The summed E-state index contributed by atoms with van der Waals surface area (Å²) in [5.74, 6) is -1.04. The van der Waals surface area contributed by atoms with Crippen LogP contribution in [0.4, 0.5) is 0 Å². The molecule has 0 bridgehead atoms. The van der Waals surface area contributed by atoms with E-state index in [0.717, 1.165) is 89.9 Å². The predicted octanol–water partition coefficient (Wildman–Crippen LogP) is 11.6. The van der Waals surface area contributed by atoms with Gasteiger partial charge in [-0.3, -0.25) is 9.35 Å². The molecule has 0 aliphatic carbocycles. The van der Waals surface area contributed by atoms with Crippen LogP contribution in [-0.4, -0.2) is 41.9 Å². The van der Waals surface area contributed by atoms with E-state index in [1.165, 1.54) is 44.6 Å². The van der Waals surface area contributed by atoms with E-state index in [1.54, 1.807) is 6.08 Å². The molecule has 1 amide bonds. The van der Waals surface area contributed by atoms with E-state index >= 15 is 0 Å². The number of carbonyl (C=O) groups is 1. The molecular weight excluding hydrogens is 643 g/mol. The van der Waals surface area contributed by atoms with Crippen LogP contribution in [0.15, 0.2) is 85.1 Å². The minimum absolute atomic E-state index is 0.263. The van der Waals surface area contributed by atoms with Crippen molar-refractivity contribution in [3.8, 4) is 0 Å². The zero-order chi connectivity index (χ0) is 36.8. The molecule has 0 aliphatic heterocycles. The average Bonchev–Trinajstić information content (AvgIpc) is 3.08. The standard InChI is InChI=1S/C43H73NO5S/c1-3-5-7-9-11-13-15-17-19-21-22-23-25-27-29-31-33-35-37-39-43(46)44-41(40-50(47,48)49)42(45)38-36-34-32-30-28-26-24-20-18-16-14-12-10-8-6-4-2/h5,7,11,13,17-20,22-23,28,30,36,38,41-42,45H,3-4,6,8-10,12,14-16,21,24-27,29,31-35,37,39-40H2,1-2H3,(H,44,46)(H,47,48,49)/b7-5-,13-11-,19-17-,20-18+,23-22-,30-28+,38-36+. The molecule has 6 nitrogen and oxygen atoms in total. The lowest BCUT2D eigenvalue weighted by Gasteiger charge is -2.21. The monoisotopic (exact) mass is 716 g/mol. The Bertz CT molecular complexity index is 1100. The maximum Gasteiger partial charge on any atom is 0.267 e. The molecule has 0 saturated heterocycles. The second kappa shape index (κ2) is 36.3. The van der Waals surface area contributed by atoms with Gasteiger partial charge in [0.1, 0.15) is 0 Å². The van der Waals surface area contributed by atoms with Crippen LogP contribution < -0.4 is 5.32 Å². The largest absolute Gasteiger partial charge is 0.387 e. The molecule has 7 heteroatoms. The third-order valence-electron chi connectivity index (χ3n) is 8.28. The van der Waals surface area contributed by atoms with E-state index in [-0.39, 0.29) is 12.3 Å². The van der Waals surface area contributed by atoms with Gasteiger partial charge < -0.3 is 10.4 Å². The van der Waals surface area contributed by atoms with Crippen LogP contribution in [0.25, 0.3) is 0 Å². The van der Waals surface area contributed by atoms with Crippen molar-refractivity contribution < 1.29 is 22.9 Å². The van der Waals surface area contributed by atoms with Crippen molar-refractivity contribution in [2.45, 2.75) is 174 Å². The highest BCUT2D eigenvalue weighted by molar-refractivity contribution is 7.85. The fraction of sp³-hybridized carbons (Fsp3) is 0.651. The van der Waals surface area contributed by atoms with E-state index < -0.39 is 28.0 Å². The molecule has 0 aliphatic rings. The maximum absolute atomic E-state index is 12.5. The fourth-order valence-corrected chi connectivity index (χ4v) is 6.09. The Morgan fingerprint density at radius 3 is 1.50 bits per heavy atom. The molecular formula is C43H73NO5S. The molecule has 2 atom stereocenters. The summed E-state index contributed by atoms with van der Waals surface area (Å²) in [4.78, 5) is 12.5. The third-order valence-corrected chi connectivity index (χ3v) is 9.06. The third kappa shape index (κ3) is 36.8. The first-order valence-electron chi connectivity index (χ1n) is 19.8. The van der Waals surface area contributed by atoms with Crippen molar-refractivity contribution in [3.63, 3.8) is 0 Å². The van der Waals surface area contributed by atoms with Crippen LogP contribution in [-0.2, 0) is 14.9 Å². The minimum Gasteiger partial charge on any atom is -0.387 e. The first-order valence-corrected chi connectivity index (χ1v) is 21.4. The Balaban J connectivity index is 4.07. The SMILES string of the molecule is CC/C=C\C/C=C\C/C=C\C/C=C\CCCCCCCCC(=O)NC(CS(=O)(=O)O)C(O)/C=C/CC/C=C/CC/C=C/CCCCCCCC. The summed E-state index contributed by atoms with van der Waals surface area (Å²) in [6.07, 6.45) is 52.7. The summed E-state index contributed by atoms with van der Waals surface area (Å²) >= 11 is 0. The van der Waals surface area contributed by atoms with Crippen molar-refractivity contribution in [3.05, 3.63) is 85.1 Å². The van der Waals surface area contributed by atoms with E-state index in [1.807, 2.05) is 0 Å². The number of rotatable bonds is 34. The van der Waals surface area contributed by atoms with Crippen molar-refractivity contribution >= 4 is 16.0 Å². The van der Waals surface area contributed by atoms with Crippen molar-refractivity contribution in [2.75, 3.05) is 5.75 Å². The van der Waals surface area contributed by atoms with Crippen molar-refractivity contribution in [2.24, 2.45) is 0 Å². The number of amides is 1. The first kappa shape index (κ1) is 47.5. The Morgan fingerprint density at radius 1 is 0.560 bits per heavy atom. The molecule has 0 heterocycles. The topological polar surface area (TPSA) is 104 Å². The van der Waals surface area contributed by atoms with Gasteiger partial charge in [-0.25, -0.2) is 0 Å². The van der Waals surface area contributed by atoms with E-state index in [2.05, 4.69) is 92.1 Å². The Labute approximate surface area is 307 Å². The molecule has 0 saturated carbocycles. The van der Waals surface area contributed by atoms with Crippen LogP contribution in [0, 0.1) is 0 Å². The van der Waals surface area contributed by atoms with E-state index in [9.17, 15) is 22.9 Å². The van der Waals surface area contributed by atoms with Gasteiger partial charge in [-0.1, -0.05) is 157 Å². The Morgan fingerprint density at radius 2 is 0.980 bits per heavy atom. The molecule has 0 aromatic heterocycles. The lowest BCUT2D eigenvalue weighted by Crippen LogP contribution is -2.46. The van der Waals surface area contributed by atoms with Crippen LogP contribution in [0.3, 0.4) is 0 Å². The van der Waals surface area contributed by atoms with Crippen molar-refractivity contribution in [1.29, 1.82) is 0 Å². The molecule has 286 valence electrons. The van der Waals surface area contributed by atoms with Crippen LogP contribution in [0.1, 0.15) is 162 Å². The smallest absolute Gasteiger partial charge is 0.267 e. The summed E-state index contributed by atoms with van der Waals surface area (Å²) in [6, 6.07) is -1.09. The normalized spacial score (nSPS) is 14.2. The van der Waals surface area contributed by atoms with Gasteiger partial charge >= 0.3 is 0 Å². The second-order valence-corrected chi connectivity index (χ2v) is 14.7. The molecule has 0 rings (SSSR count). The van der Waals surface area contributed by atoms with Crippen LogP contribution >= 0.6 is 0 Å². The van der Waals surface area contributed by atoms with Gasteiger partial charge in [0.2, 0.25) is 5.91 Å². The van der Waals surface area contributed by atoms with E-state index in [4.69, 9.17) is 0 Å². The number of nitrogens with one attached hydrogen (secondary N) is 1. The summed E-state index contributed by atoms with van der Waals surface area (Å²) in [7, 11) is -4.37. The number of aliphatic hydroxyl groups excluding tert-OH is 1.